The molecule has 1 N–H and O–H groups in total. The second-order valence-electron chi connectivity index (χ2n) is 8.40. The third kappa shape index (κ3) is 6.93. The van der Waals surface area contributed by atoms with Gasteiger partial charge in [-0.3, -0.25) is 9.40 Å². The van der Waals surface area contributed by atoms with Crippen LogP contribution in [0.4, 0.5) is 32.0 Å². The van der Waals surface area contributed by atoms with E-state index in [0.717, 1.165) is 36.4 Å². The molecule has 3 aromatic carbocycles. The minimum absolute atomic E-state index is 0.0762. The summed E-state index contributed by atoms with van der Waals surface area (Å²) in [6.07, 6.45) is -3.16. The topological polar surface area (TPSA) is 82.5 Å². The summed E-state index contributed by atoms with van der Waals surface area (Å²) in [5, 5.41) is 4.38. The molecule has 0 amide bonds. The van der Waals surface area contributed by atoms with Crippen molar-refractivity contribution in [1.29, 1.82) is 0 Å². The van der Waals surface area contributed by atoms with Crippen molar-refractivity contribution in [3.05, 3.63) is 84.3 Å². The van der Waals surface area contributed by atoms with Gasteiger partial charge in [-0.15, -0.1) is 0 Å². The van der Waals surface area contributed by atoms with Crippen molar-refractivity contribution < 1.29 is 44.2 Å². The molecular weight excluding hydrogens is 564 g/mol. The van der Waals surface area contributed by atoms with Gasteiger partial charge in [-0.1, -0.05) is 18.2 Å². The van der Waals surface area contributed by atoms with E-state index in [1.54, 1.807) is 16.9 Å². The van der Waals surface area contributed by atoms with Crippen LogP contribution in [0.5, 0.6) is 5.75 Å². The molecule has 0 spiro atoms. The van der Waals surface area contributed by atoms with Crippen LogP contribution >= 0.6 is 0 Å². The quantitative estimate of drug-likeness (QED) is 0.217. The Balaban J connectivity index is 1.80. The van der Waals surface area contributed by atoms with E-state index in [-0.39, 0.29) is 22.4 Å². The lowest BCUT2D eigenvalue weighted by molar-refractivity contribution is -0.137. The molecule has 212 valence electrons. The summed E-state index contributed by atoms with van der Waals surface area (Å²) in [4.78, 5) is -0.650. The van der Waals surface area contributed by atoms with Gasteiger partial charge in [-0.25, -0.2) is 12.8 Å². The molecule has 0 fully saturated rings. The summed E-state index contributed by atoms with van der Waals surface area (Å²) in [6.45, 7) is -2.48. The van der Waals surface area contributed by atoms with Crippen LogP contribution in [-0.4, -0.2) is 38.5 Å². The first kappa shape index (κ1) is 29.0. The zero-order valence-electron chi connectivity index (χ0n) is 20.6. The zero-order chi connectivity index (χ0) is 29.1. The number of nitrogens with one attached hydrogen (secondary N) is 1. The number of aromatic nitrogens is 2. The molecule has 1 heterocycles. The highest BCUT2D eigenvalue weighted by Crippen LogP contribution is 2.36. The van der Waals surface area contributed by atoms with E-state index in [0.29, 0.717) is 24.9 Å². The molecule has 1 aromatic heterocycles. The van der Waals surface area contributed by atoms with Gasteiger partial charge < -0.3 is 9.47 Å². The summed E-state index contributed by atoms with van der Waals surface area (Å²) in [7, 11) is -3.06. The van der Waals surface area contributed by atoms with Gasteiger partial charge in [0, 0.05) is 24.9 Å². The highest BCUT2D eigenvalue weighted by Gasteiger charge is 2.32. The minimum Gasteiger partial charge on any atom is -0.435 e. The molecule has 0 atom stereocenters. The summed E-state index contributed by atoms with van der Waals surface area (Å²) < 4.78 is 119. The van der Waals surface area contributed by atoms with Crippen molar-refractivity contribution in [1.82, 2.24) is 9.78 Å². The van der Waals surface area contributed by atoms with Crippen LogP contribution in [0.2, 0.25) is 0 Å². The molecule has 4 aromatic rings. The number of sulfonamides is 1. The molecule has 0 radical (unpaired) electrons. The number of nitrogens with zero attached hydrogens (tertiary/aromatic N) is 2. The number of anilines is 1. The highest BCUT2D eigenvalue weighted by atomic mass is 32.2. The first-order chi connectivity index (χ1) is 18.9. The third-order valence-electron chi connectivity index (χ3n) is 5.61. The molecule has 14 heteroatoms. The average Bonchev–Trinajstić information content (AvgIpc) is 3.35. The van der Waals surface area contributed by atoms with E-state index >= 15 is 0 Å². The van der Waals surface area contributed by atoms with Gasteiger partial charge in [0.1, 0.15) is 11.6 Å². The summed E-state index contributed by atoms with van der Waals surface area (Å²) in [5.74, 6) is -1.35. The van der Waals surface area contributed by atoms with Gasteiger partial charge in [0.25, 0.3) is 10.0 Å². The fraction of sp³-hybridized carbons (Fsp3) is 0.192. The predicted molar refractivity (Wildman–Crippen MR) is 134 cm³/mol. The fourth-order valence-corrected chi connectivity index (χ4v) is 4.91. The number of rotatable bonds is 10. The predicted octanol–water partition coefficient (Wildman–Crippen LogP) is 6.42. The Labute approximate surface area is 225 Å². The second-order valence-corrected chi connectivity index (χ2v) is 10.1. The fourth-order valence-electron chi connectivity index (χ4n) is 3.79. The molecule has 0 saturated heterocycles. The number of ether oxygens (including phenoxy) is 2. The average molecular weight is 586 g/mol. The van der Waals surface area contributed by atoms with E-state index in [1.807, 2.05) is 0 Å². The standard InChI is InChI=1S/C26H21F6N3O4S/c1-38-10-9-35-8-7-23(33-35)22-6-5-16(17-11-19(27)15-20(12-17)39-25(28)29)13-24(22)34-40(36,37)21-4-2-3-18(14-21)26(30,31)32/h2-8,11-15,25,34H,9-10H2,1H3. The molecule has 7 nitrogen and oxygen atoms in total. The molecule has 0 unspecified atom stereocenters. The number of methoxy groups -OCH3 is 1. The maximum atomic E-state index is 14.2. The Morgan fingerprint density at radius 3 is 2.48 bits per heavy atom. The molecule has 0 aliphatic heterocycles. The first-order valence-corrected chi connectivity index (χ1v) is 13.0. The maximum Gasteiger partial charge on any atom is 0.416 e. The van der Waals surface area contributed by atoms with Crippen LogP contribution in [0.25, 0.3) is 22.4 Å². The number of hydrogen-bond donors (Lipinski definition) is 1. The van der Waals surface area contributed by atoms with Gasteiger partial charge in [-0.2, -0.15) is 27.1 Å². The number of halogens is 6. The smallest absolute Gasteiger partial charge is 0.416 e. The van der Waals surface area contributed by atoms with Crippen LogP contribution in [0.15, 0.2) is 77.8 Å². The molecule has 40 heavy (non-hydrogen) atoms. The lowest BCUT2D eigenvalue weighted by Crippen LogP contribution is -2.15. The molecule has 0 aliphatic rings. The molecular formula is C26H21F6N3O4S. The molecule has 4 rings (SSSR count). The van der Waals surface area contributed by atoms with Gasteiger partial charge in [0.05, 0.1) is 35.0 Å². The van der Waals surface area contributed by atoms with Crippen LogP contribution < -0.4 is 9.46 Å². The monoisotopic (exact) mass is 585 g/mol. The second kappa shape index (κ2) is 11.6. The molecule has 0 aliphatic carbocycles. The Morgan fingerprint density at radius 1 is 1.00 bits per heavy atom. The van der Waals surface area contributed by atoms with Crippen molar-refractivity contribution >= 4 is 15.7 Å². The minimum atomic E-state index is -4.78. The van der Waals surface area contributed by atoms with E-state index in [2.05, 4.69) is 14.6 Å². The van der Waals surface area contributed by atoms with Gasteiger partial charge in [0.2, 0.25) is 0 Å². The maximum absolute atomic E-state index is 14.2. The normalized spacial score (nSPS) is 12.1. The van der Waals surface area contributed by atoms with E-state index in [4.69, 9.17) is 4.74 Å². The summed E-state index contributed by atoms with van der Waals surface area (Å²) in [5.41, 5.74) is -0.434. The summed E-state index contributed by atoms with van der Waals surface area (Å²) >= 11 is 0. The molecule has 0 saturated carbocycles. The SMILES string of the molecule is COCCn1ccc(-c2ccc(-c3cc(F)cc(OC(F)F)c3)cc2NS(=O)(=O)c2cccc(C(F)(F)F)c2)n1. The molecule has 0 bridgehead atoms. The zero-order valence-corrected chi connectivity index (χ0v) is 21.4. The van der Waals surface area contributed by atoms with Crippen molar-refractivity contribution in [3.63, 3.8) is 0 Å². The van der Waals surface area contributed by atoms with Gasteiger partial charge in [-0.05, 0) is 53.6 Å². The highest BCUT2D eigenvalue weighted by molar-refractivity contribution is 7.92. The van der Waals surface area contributed by atoms with E-state index < -0.39 is 44.8 Å². The Bertz CT molecular complexity index is 1610. The first-order valence-electron chi connectivity index (χ1n) is 11.5. The van der Waals surface area contributed by atoms with E-state index in [9.17, 15) is 34.8 Å². The Kier molecular flexibility index (Phi) is 8.40. The van der Waals surface area contributed by atoms with Gasteiger partial charge >= 0.3 is 12.8 Å². The van der Waals surface area contributed by atoms with Crippen molar-refractivity contribution in [3.8, 4) is 28.1 Å². The lowest BCUT2D eigenvalue weighted by atomic mass is 10.0. The van der Waals surface area contributed by atoms with Crippen LogP contribution in [0.1, 0.15) is 5.56 Å². The summed E-state index contributed by atoms with van der Waals surface area (Å²) in [6, 6.07) is 11.9. The van der Waals surface area contributed by atoms with Gasteiger partial charge in [0.15, 0.2) is 0 Å². The lowest BCUT2D eigenvalue weighted by Gasteiger charge is -2.15. The van der Waals surface area contributed by atoms with Crippen molar-refractivity contribution in [2.24, 2.45) is 0 Å². The van der Waals surface area contributed by atoms with Crippen molar-refractivity contribution in [2.75, 3.05) is 18.4 Å². The largest absolute Gasteiger partial charge is 0.435 e. The van der Waals surface area contributed by atoms with Crippen LogP contribution in [-0.2, 0) is 27.5 Å². The Morgan fingerprint density at radius 2 is 1.77 bits per heavy atom. The number of alkyl halides is 5. The number of benzene rings is 3. The third-order valence-corrected chi connectivity index (χ3v) is 6.97. The van der Waals surface area contributed by atoms with Crippen LogP contribution in [0, 0.1) is 5.82 Å². The number of hydrogen-bond acceptors (Lipinski definition) is 5. The Hall–Kier alpha value is -4.04. The van der Waals surface area contributed by atoms with Crippen LogP contribution in [0.3, 0.4) is 0 Å². The van der Waals surface area contributed by atoms with Crippen molar-refractivity contribution in [2.45, 2.75) is 24.2 Å². The van der Waals surface area contributed by atoms with E-state index in [1.165, 1.54) is 25.3 Å².